The molecule has 0 saturated carbocycles. The van der Waals surface area contributed by atoms with E-state index in [1.165, 1.54) is 16.5 Å². The molecule has 0 amide bonds. The molecule has 23 heavy (non-hydrogen) atoms. The molecule has 1 spiro atoms. The first-order chi connectivity index (χ1) is 11.2. The Kier molecular flexibility index (Phi) is 2.41. The molecule has 0 radical (unpaired) electrons. The third-order valence-electron chi connectivity index (χ3n) is 4.62. The highest BCUT2D eigenvalue weighted by atomic mass is 16.5. The third-order valence-corrected chi connectivity index (χ3v) is 4.62. The minimum absolute atomic E-state index is 0.564. The topological polar surface area (TPSA) is 33.6 Å². The van der Waals surface area contributed by atoms with Gasteiger partial charge in [-0.2, -0.15) is 0 Å². The van der Waals surface area contributed by atoms with Crippen LogP contribution in [0.25, 0.3) is 10.8 Å². The lowest BCUT2D eigenvalue weighted by Gasteiger charge is -2.31. The standard InChI is InChI=1S/C20H16N2O/c1-13-6-8-17-15(10-13)11-20(22-17)12-21-19-16-5-3-2-4-14(16)7-9-18(19)23-20/h2-10,12,22H,11H2,1H3. The molecule has 0 aromatic heterocycles. The van der Waals surface area contributed by atoms with Crippen LogP contribution in [-0.4, -0.2) is 11.9 Å². The maximum atomic E-state index is 6.35. The molecule has 3 aromatic rings. The van der Waals surface area contributed by atoms with Crippen molar-refractivity contribution in [2.45, 2.75) is 19.1 Å². The molecular weight excluding hydrogens is 284 g/mol. The molecule has 3 nitrogen and oxygen atoms in total. The highest BCUT2D eigenvalue weighted by molar-refractivity contribution is 5.99. The zero-order valence-corrected chi connectivity index (χ0v) is 12.8. The zero-order valence-electron chi connectivity index (χ0n) is 12.8. The van der Waals surface area contributed by atoms with Crippen LogP contribution in [-0.2, 0) is 6.42 Å². The molecule has 0 bridgehead atoms. The van der Waals surface area contributed by atoms with Crippen molar-refractivity contribution >= 4 is 28.4 Å². The Labute approximate surface area is 134 Å². The summed E-state index contributed by atoms with van der Waals surface area (Å²) in [6, 6.07) is 18.8. The smallest absolute Gasteiger partial charge is 0.221 e. The first kappa shape index (κ1) is 12.7. The predicted octanol–water partition coefficient (Wildman–Crippen LogP) is 4.61. The highest BCUT2D eigenvalue weighted by Gasteiger charge is 2.40. The van der Waals surface area contributed by atoms with E-state index in [1.54, 1.807) is 0 Å². The second-order valence-electron chi connectivity index (χ2n) is 6.35. The molecule has 1 unspecified atom stereocenters. The molecule has 1 N–H and O–H groups in total. The Hall–Kier alpha value is -2.81. The normalized spacial score (nSPS) is 20.9. The number of hydrogen-bond donors (Lipinski definition) is 1. The molecule has 2 aliphatic heterocycles. The number of hydrogen-bond acceptors (Lipinski definition) is 3. The minimum atomic E-state index is -0.564. The lowest BCUT2D eigenvalue weighted by Crippen LogP contribution is -2.45. The van der Waals surface area contributed by atoms with Crippen molar-refractivity contribution in [3.05, 3.63) is 65.7 Å². The molecule has 2 aliphatic rings. The van der Waals surface area contributed by atoms with Gasteiger partial charge in [0.15, 0.2) is 0 Å². The molecule has 3 heteroatoms. The van der Waals surface area contributed by atoms with E-state index in [1.807, 2.05) is 24.4 Å². The second-order valence-corrected chi connectivity index (χ2v) is 6.35. The fourth-order valence-electron chi connectivity index (χ4n) is 3.53. The van der Waals surface area contributed by atoms with Gasteiger partial charge in [0, 0.05) is 17.5 Å². The van der Waals surface area contributed by atoms with Gasteiger partial charge in [0.1, 0.15) is 11.4 Å². The Morgan fingerprint density at radius 1 is 1.09 bits per heavy atom. The molecule has 1 atom stereocenters. The van der Waals surface area contributed by atoms with E-state index in [4.69, 9.17) is 9.73 Å². The van der Waals surface area contributed by atoms with E-state index >= 15 is 0 Å². The van der Waals surface area contributed by atoms with Crippen LogP contribution in [0.4, 0.5) is 11.4 Å². The van der Waals surface area contributed by atoms with E-state index in [0.29, 0.717) is 0 Å². The number of benzene rings is 3. The molecule has 2 heterocycles. The first-order valence-electron chi connectivity index (χ1n) is 7.86. The number of ether oxygens (including phenoxy) is 1. The van der Waals surface area contributed by atoms with Gasteiger partial charge in [0.25, 0.3) is 0 Å². The summed E-state index contributed by atoms with van der Waals surface area (Å²) < 4.78 is 6.35. The lowest BCUT2D eigenvalue weighted by atomic mass is 10.0. The number of nitrogens with one attached hydrogen (secondary N) is 1. The molecule has 0 fully saturated rings. The largest absolute Gasteiger partial charge is 0.460 e. The molecule has 0 saturated heterocycles. The van der Waals surface area contributed by atoms with Crippen molar-refractivity contribution < 1.29 is 4.74 Å². The number of fused-ring (bicyclic) bond motifs is 4. The second kappa shape index (κ2) is 4.35. The van der Waals surface area contributed by atoms with Crippen LogP contribution in [0.15, 0.2) is 59.6 Å². The fraction of sp³-hybridized carbons (Fsp3) is 0.150. The van der Waals surface area contributed by atoms with Crippen molar-refractivity contribution in [3.63, 3.8) is 0 Å². The maximum Gasteiger partial charge on any atom is 0.221 e. The summed E-state index contributed by atoms with van der Waals surface area (Å²) in [4.78, 5) is 4.75. The van der Waals surface area contributed by atoms with Gasteiger partial charge in [0.2, 0.25) is 5.72 Å². The average molecular weight is 300 g/mol. The third kappa shape index (κ3) is 1.86. The maximum absolute atomic E-state index is 6.35. The van der Waals surface area contributed by atoms with Gasteiger partial charge >= 0.3 is 0 Å². The molecule has 112 valence electrons. The lowest BCUT2D eigenvalue weighted by molar-refractivity contribution is 0.181. The van der Waals surface area contributed by atoms with E-state index in [9.17, 15) is 0 Å². The van der Waals surface area contributed by atoms with Crippen molar-refractivity contribution in [2.24, 2.45) is 4.99 Å². The highest BCUT2D eigenvalue weighted by Crippen LogP contribution is 2.43. The van der Waals surface area contributed by atoms with Crippen LogP contribution in [0.3, 0.4) is 0 Å². The van der Waals surface area contributed by atoms with Gasteiger partial charge in [0.05, 0.1) is 6.21 Å². The van der Waals surface area contributed by atoms with Crippen LogP contribution in [0, 0.1) is 6.92 Å². The summed E-state index contributed by atoms with van der Waals surface area (Å²) in [5, 5.41) is 5.80. The van der Waals surface area contributed by atoms with E-state index in [2.05, 4.69) is 48.6 Å². The Bertz CT molecular complexity index is 977. The van der Waals surface area contributed by atoms with E-state index < -0.39 is 5.72 Å². The van der Waals surface area contributed by atoms with Crippen LogP contribution < -0.4 is 10.1 Å². The van der Waals surface area contributed by atoms with Crippen LogP contribution in [0.1, 0.15) is 11.1 Å². The number of nitrogens with zero attached hydrogens (tertiary/aromatic N) is 1. The SMILES string of the molecule is Cc1ccc2c(c1)CC1(C=Nc3c(ccc4ccccc34)O1)N2. The Morgan fingerprint density at radius 3 is 2.96 bits per heavy atom. The number of aliphatic imine (C=N–C) groups is 1. The van der Waals surface area contributed by atoms with E-state index in [0.717, 1.165) is 28.9 Å². The summed E-state index contributed by atoms with van der Waals surface area (Å²) in [5.74, 6) is 0.836. The van der Waals surface area contributed by atoms with Gasteiger partial charge in [-0.3, -0.25) is 4.99 Å². The Balaban J connectivity index is 1.59. The van der Waals surface area contributed by atoms with Crippen LogP contribution in [0.5, 0.6) is 5.75 Å². The molecule has 0 aliphatic carbocycles. The zero-order chi connectivity index (χ0) is 15.4. The predicted molar refractivity (Wildman–Crippen MR) is 94.0 cm³/mol. The van der Waals surface area contributed by atoms with Crippen LogP contribution >= 0.6 is 0 Å². The Morgan fingerprint density at radius 2 is 2.00 bits per heavy atom. The monoisotopic (exact) mass is 300 g/mol. The molecule has 5 rings (SSSR count). The van der Waals surface area contributed by atoms with Crippen molar-refractivity contribution in [1.82, 2.24) is 0 Å². The summed E-state index contributed by atoms with van der Waals surface area (Å²) in [5.41, 5.74) is 4.03. The molecular formula is C20H16N2O. The van der Waals surface area contributed by atoms with Gasteiger partial charge < -0.3 is 10.1 Å². The summed E-state index contributed by atoms with van der Waals surface area (Å²) in [6.07, 6.45) is 2.71. The number of aryl methyl sites for hydroxylation is 1. The van der Waals surface area contributed by atoms with E-state index in [-0.39, 0.29) is 0 Å². The van der Waals surface area contributed by atoms with Gasteiger partial charge in [-0.05, 0) is 30.0 Å². The van der Waals surface area contributed by atoms with Crippen molar-refractivity contribution in [2.75, 3.05) is 5.32 Å². The minimum Gasteiger partial charge on any atom is -0.460 e. The quantitative estimate of drug-likeness (QED) is 0.658. The van der Waals surface area contributed by atoms with Gasteiger partial charge in [-0.1, -0.05) is 48.0 Å². The van der Waals surface area contributed by atoms with Crippen LogP contribution in [0.2, 0.25) is 0 Å². The first-order valence-corrected chi connectivity index (χ1v) is 7.86. The van der Waals surface area contributed by atoms with Gasteiger partial charge in [-0.15, -0.1) is 0 Å². The average Bonchev–Trinajstić information content (AvgIpc) is 2.91. The molecule has 3 aromatic carbocycles. The summed E-state index contributed by atoms with van der Waals surface area (Å²) in [6.45, 7) is 2.11. The summed E-state index contributed by atoms with van der Waals surface area (Å²) in [7, 11) is 0. The number of anilines is 1. The van der Waals surface area contributed by atoms with Crippen molar-refractivity contribution in [3.8, 4) is 5.75 Å². The van der Waals surface area contributed by atoms with Crippen molar-refractivity contribution in [1.29, 1.82) is 0 Å². The summed E-state index contributed by atoms with van der Waals surface area (Å²) >= 11 is 0. The fourth-order valence-corrected chi connectivity index (χ4v) is 3.53. The number of rotatable bonds is 0. The van der Waals surface area contributed by atoms with Gasteiger partial charge in [-0.25, -0.2) is 0 Å².